The fourth-order valence-corrected chi connectivity index (χ4v) is 3.66. The highest BCUT2D eigenvalue weighted by atomic mass is 35.5. The Kier molecular flexibility index (Phi) is 5.70. The van der Waals surface area contributed by atoms with Crippen LogP contribution in [0.5, 0.6) is 5.75 Å². The summed E-state index contributed by atoms with van der Waals surface area (Å²) in [5, 5.41) is 7.01. The highest BCUT2D eigenvalue weighted by molar-refractivity contribution is 6.36. The SMILES string of the molecule is Clc1ccc(NCc2ccccc2OCc2cccc3ccccc23)c(Cl)c1. The molecule has 0 radical (unpaired) electrons. The van der Waals surface area contributed by atoms with E-state index in [-0.39, 0.29) is 0 Å². The molecule has 0 heterocycles. The van der Waals surface area contributed by atoms with Crippen LogP contribution in [0.25, 0.3) is 10.8 Å². The summed E-state index contributed by atoms with van der Waals surface area (Å²) in [5.74, 6) is 0.855. The van der Waals surface area contributed by atoms with Crippen molar-refractivity contribution in [3.63, 3.8) is 0 Å². The predicted molar refractivity (Wildman–Crippen MR) is 119 cm³/mol. The average molecular weight is 408 g/mol. The molecule has 2 nitrogen and oxygen atoms in total. The average Bonchev–Trinajstić information content (AvgIpc) is 2.72. The van der Waals surface area contributed by atoms with Crippen molar-refractivity contribution in [1.29, 1.82) is 0 Å². The zero-order chi connectivity index (χ0) is 19.3. The highest BCUT2D eigenvalue weighted by Gasteiger charge is 2.07. The number of nitrogens with one attached hydrogen (secondary N) is 1. The summed E-state index contributed by atoms with van der Waals surface area (Å²) in [6.45, 7) is 1.12. The minimum atomic E-state index is 0.514. The molecule has 0 aliphatic heterocycles. The van der Waals surface area contributed by atoms with E-state index in [0.29, 0.717) is 23.2 Å². The molecule has 0 amide bonds. The van der Waals surface area contributed by atoms with Crippen molar-refractivity contribution in [2.75, 3.05) is 5.32 Å². The van der Waals surface area contributed by atoms with Crippen LogP contribution in [0.4, 0.5) is 5.69 Å². The van der Waals surface area contributed by atoms with Crippen LogP contribution >= 0.6 is 23.2 Å². The molecule has 4 heteroatoms. The van der Waals surface area contributed by atoms with Crippen LogP contribution in [-0.4, -0.2) is 0 Å². The molecular weight excluding hydrogens is 389 g/mol. The van der Waals surface area contributed by atoms with Crippen LogP contribution in [0, 0.1) is 0 Å². The summed E-state index contributed by atoms with van der Waals surface area (Å²) in [5.41, 5.74) is 3.07. The first-order valence-electron chi connectivity index (χ1n) is 9.07. The Balaban J connectivity index is 1.50. The zero-order valence-electron chi connectivity index (χ0n) is 15.2. The maximum atomic E-state index is 6.25. The topological polar surface area (TPSA) is 21.3 Å². The van der Waals surface area contributed by atoms with Crippen LogP contribution in [0.2, 0.25) is 10.0 Å². The molecule has 4 aromatic rings. The number of hydrogen-bond donors (Lipinski definition) is 1. The van der Waals surface area contributed by atoms with Crippen molar-refractivity contribution < 1.29 is 4.74 Å². The first-order chi connectivity index (χ1) is 13.7. The van der Waals surface area contributed by atoms with Crippen LogP contribution in [0.3, 0.4) is 0 Å². The first-order valence-corrected chi connectivity index (χ1v) is 9.82. The molecule has 0 saturated heterocycles. The van der Waals surface area contributed by atoms with Crippen LogP contribution in [0.15, 0.2) is 84.9 Å². The molecule has 0 bridgehead atoms. The van der Waals surface area contributed by atoms with Crippen LogP contribution in [-0.2, 0) is 13.2 Å². The van der Waals surface area contributed by atoms with Gasteiger partial charge in [0.15, 0.2) is 0 Å². The van der Waals surface area contributed by atoms with Gasteiger partial charge in [0.1, 0.15) is 12.4 Å². The van der Waals surface area contributed by atoms with Crippen LogP contribution in [0.1, 0.15) is 11.1 Å². The number of rotatable bonds is 6. The molecule has 28 heavy (non-hydrogen) atoms. The Morgan fingerprint density at radius 1 is 0.750 bits per heavy atom. The zero-order valence-corrected chi connectivity index (χ0v) is 16.7. The second-order valence-corrected chi connectivity index (χ2v) is 7.36. The lowest BCUT2D eigenvalue weighted by Gasteiger charge is -2.14. The second kappa shape index (κ2) is 8.55. The summed E-state index contributed by atoms with van der Waals surface area (Å²) in [6.07, 6.45) is 0. The van der Waals surface area contributed by atoms with Crippen molar-refractivity contribution in [3.05, 3.63) is 106 Å². The van der Waals surface area contributed by atoms with Crippen molar-refractivity contribution >= 4 is 39.7 Å². The van der Waals surface area contributed by atoms with Gasteiger partial charge in [0.25, 0.3) is 0 Å². The lowest BCUT2D eigenvalue weighted by Crippen LogP contribution is -2.04. The summed E-state index contributed by atoms with van der Waals surface area (Å²) in [4.78, 5) is 0. The molecule has 0 unspecified atom stereocenters. The van der Waals surface area contributed by atoms with Crippen molar-refractivity contribution in [3.8, 4) is 5.75 Å². The van der Waals surface area contributed by atoms with Gasteiger partial charge in [0.05, 0.1) is 10.7 Å². The Morgan fingerprint density at radius 2 is 1.50 bits per heavy atom. The van der Waals surface area contributed by atoms with Gasteiger partial charge < -0.3 is 10.1 Å². The Hall–Kier alpha value is -2.68. The monoisotopic (exact) mass is 407 g/mol. The second-order valence-electron chi connectivity index (χ2n) is 6.51. The smallest absolute Gasteiger partial charge is 0.124 e. The third kappa shape index (κ3) is 4.24. The van der Waals surface area contributed by atoms with Gasteiger partial charge in [0.2, 0.25) is 0 Å². The Bertz CT molecular complexity index is 1110. The summed E-state index contributed by atoms with van der Waals surface area (Å²) < 4.78 is 6.17. The van der Waals surface area contributed by atoms with E-state index >= 15 is 0 Å². The van der Waals surface area contributed by atoms with Gasteiger partial charge >= 0.3 is 0 Å². The number of anilines is 1. The lowest BCUT2D eigenvalue weighted by molar-refractivity contribution is 0.304. The molecule has 0 aliphatic rings. The molecule has 0 aliphatic carbocycles. The van der Waals surface area contributed by atoms with Gasteiger partial charge in [-0.1, -0.05) is 83.9 Å². The number of halogens is 2. The molecule has 0 aromatic heterocycles. The third-order valence-corrected chi connectivity index (χ3v) is 5.18. The number of benzene rings is 4. The Labute approximate surface area is 174 Å². The van der Waals surface area contributed by atoms with E-state index in [9.17, 15) is 0 Å². The van der Waals surface area contributed by atoms with E-state index in [1.165, 1.54) is 16.3 Å². The van der Waals surface area contributed by atoms with Gasteiger partial charge in [-0.15, -0.1) is 0 Å². The Morgan fingerprint density at radius 3 is 2.39 bits per heavy atom. The third-order valence-electron chi connectivity index (χ3n) is 4.64. The quantitative estimate of drug-likeness (QED) is 0.360. The number of para-hydroxylation sites is 1. The summed E-state index contributed by atoms with van der Waals surface area (Å²) in [7, 11) is 0. The maximum absolute atomic E-state index is 6.25. The molecule has 0 spiro atoms. The van der Waals surface area contributed by atoms with Gasteiger partial charge in [-0.3, -0.25) is 0 Å². The minimum Gasteiger partial charge on any atom is -0.489 e. The van der Waals surface area contributed by atoms with Gasteiger partial charge in [-0.25, -0.2) is 0 Å². The standard InChI is InChI=1S/C24H19Cl2NO/c25-20-12-13-23(22(26)14-20)27-15-18-7-2-4-11-24(18)28-16-19-9-5-8-17-6-1-3-10-21(17)19/h1-14,27H,15-16H2. The fraction of sp³-hybridized carbons (Fsp3) is 0.0833. The van der Waals surface area contributed by atoms with Crippen molar-refractivity contribution in [1.82, 2.24) is 0 Å². The van der Waals surface area contributed by atoms with E-state index in [2.05, 4.69) is 53.8 Å². The molecule has 1 N–H and O–H groups in total. The van der Waals surface area contributed by atoms with E-state index in [1.54, 1.807) is 6.07 Å². The van der Waals surface area contributed by atoms with E-state index in [1.807, 2.05) is 30.3 Å². The number of fused-ring (bicyclic) bond motifs is 1. The first kappa shape index (κ1) is 18.7. The normalized spacial score (nSPS) is 10.8. The summed E-state index contributed by atoms with van der Waals surface area (Å²) in [6, 6.07) is 28.1. The molecule has 4 rings (SSSR count). The number of ether oxygens (including phenoxy) is 1. The van der Waals surface area contributed by atoms with E-state index in [0.717, 1.165) is 17.0 Å². The molecule has 4 aromatic carbocycles. The molecule has 0 fully saturated rings. The number of hydrogen-bond acceptors (Lipinski definition) is 2. The minimum absolute atomic E-state index is 0.514. The molecular formula is C24H19Cl2NO. The fourth-order valence-electron chi connectivity index (χ4n) is 3.19. The van der Waals surface area contributed by atoms with Crippen LogP contribution < -0.4 is 10.1 Å². The van der Waals surface area contributed by atoms with Gasteiger partial charge in [-0.2, -0.15) is 0 Å². The van der Waals surface area contributed by atoms with E-state index < -0.39 is 0 Å². The molecule has 0 saturated carbocycles. The maximum Gasteiger partial charge on any atom is 0.124 e. The molecule has 0 atom stereocenters. The highest BCUT2D eigenvalue weighted by Crippen LogP contribution is 2.28. The van der Waals surface area contributed by atoms with Crippen molar-refractivity contribution in [2.45, 2.75) is 13.2 Å². The van der Waals surface area contributed by atoms with Gasteiger partial charge in [0, 0.05) is 17.1 Å². The largest absolute Gasteiger partial charge is 0.489 e. The predicted octanol–water partition coefficient (Wildman–Crippen LogP) is 7.34. The van der Waals surface area contributed by atoms with Gasteiger partial charge in [-0.05, 0) is 40.6 Å². The van der Waals surface area contributed by atoms with Crippen molar-refractivity contribution in [2.24, 2.45) is 0 Å². The lowest BCUT2D eigenvalue weighted by atomic mass is 10.1. The summed E-state index contributed by atoms with van der Waals surface area (Å²) >= 11 is 12.2. The molecule has 140 valence electrons. The van der Waals surface area contributed by atoms with E-state index in [4.69, 9.17) is 27.9 Å².